The van der Waals surface area contributed by atoms with Gasteiger partial charge in [0.05, 0.1) is 5.57 Å². The number of aryl methyl sites for hydroxylation is 1. The molecule has 0 unspecified atom stereocenters. The van der Waals surface area contributed by atoms with Gasteiger partial charge in [0.2, 0.25) is 0 Å². The molecule has 1 aromatic heterocycles. The molecular weight excluding hydrogens is 440 g/mol. The summed E-state index contributed by atoms with van der Waals surface area (Å²) in [6.45, 7) is 2.85. The predicted octanol–water partition coefficient (Wildman–Crippen LogP) is 2.19. The number of fused-ring (bicyclic) bond motifs is 2. The summed E-state index contributed by atoms with van der Waals surface area (Å²) in [5.74, 6) is -0.235. The molecule has 3 heterocycles. The molecule has 0 bridgehead atoms. The lowest BCUT2D eigenvalue weighted by Crippen LogP contribution is -2.43. The standard InChI is InChI=1S/C20H15BrN4O2S/c1-11-2-7-15-14(8-11)16(18(26)23-15)17-19(27)25-10-24(9-22-20(25)28-17)13-5-3-12(21)4-6-13/h2-8H,9-10H2,1H3,(H,23,26)/b17-16-. The van der Waals surface area contributed by atoms with E-state index in [1.165, 1.54) is 11.3 Å². The first kappa shape index (κ1) is 17.4. The van der Waals surface area contributed by atoms with E-state index in [0.717, 1.165) is 27.0 Å². The SMILES string of the molecule is Cc1ccc2c(c1)/C(=c1/sc3n(c1=O)CN(c1ccc(Br)cc1)CN=3)C(=O)N2. The number of nitrogens with one attached hydrogen (secondary N) is 1. The van der Waals surface area contributed by atoms with E-state index < -0.39 is 0 Å². The quantitative estimate of drug-likeness (QED) is 0.612. The Morgan fingerprint density at radius 1 is 1.14 bits per heavy atom. The molecule has 5 rings (SSSR count). The topological polar surface area (TPSA) is 66.7 Å². The van der Waals surface area contributed by atoms with Crippen LogP contribution in [0.15, 0.2) is 56.7 Å². The molecule has 0 fully saturated rings. The van der Waals surface area contributed by atoms with Crippen LogP contribution >= 0.6 is 27.3 Å². The van der Waals surface area contributed by atoms with Crippen molar-refractivity contribution in [1.29, 1.82) is 0 Å². The first-order valence-corrected chi connectivity index (χ1v) is 10.3. The molecule has 0 spiro atoms. The van der Waals surface area contributed by atoms with Crippen LogP contribution in [-0.4, -0.2) is 17.1 Å². The van der Waals surface area contributed by atoms with Crippen molar-refractivity contribution in [1.82, 2.24) is 4.57 Å². The third kappa shape index (κ3) is 2.71. The van der Waals surface area contributed by atoms with E-state index in [0.29, 0.717) is 28.2 Å². The third-order valence-corrected chi connectivity index (χ3v) is 6.53. The second-order valence-corrected chi connectivity index (χ2v) is 8.68. The van der Waals surface area contributed by atoms with Gasteiger partial charge in [-0.1, -0.05) is 38.9 Å². The van der Waals surface area contributed by atoms with Gasteiger partial charge in [-0.2, -0.15) is 0 Å². The fourth-order valence-corrected chi connectivity index (χ4v) is 4.81. The molecular formula is C20H15BrN4O2S. The Bertz CT molecular complexity index is 1310. The molecule has 2 aliphatic rings. The summed E-state index contributed by atoms with van der Waals surface area (Å²) in [7, 11) is 0. The molecule has 2 aromatic carbocycles. The summed E-state index contributed by atoms with van der Waals surface area (Å²) in [6, 6.07) is 13.7. The summed E-state index contributed by atoms with van der Waals surface area (Å²) in [5, 5.41) is 2.86. The van der Waals surface area contributed by atoms with Gasteiger partial charge in [0.1, 0.15) is 17.9 Å². The van der Waals surface area contributed by atoms with E-state index in [1.807, 2.05) is 54.3 Å². The van der Waals surface area contributed by atoms with E-state index in [4.69, 9.17) is 0 Å². The van der Waals surface area contributed by atoms with Crippen LogP contribution < -0.4 is 25.1 Å². The van der Waals surface area contributed by atoms with Gasteiger partial charge in [-0.05, 0) is 43.3 Å². The van der Waals surface area contributed by atoms with E-state index in [-0.39, 0.29) is 11.5 Å². The lowest BCUT2D eigenvalue weighted by molar-refractivity contribution is -0.110. The van der Waals surface area contributed by atoms with Gasteiger partial charge in [0.25, 0.3) is 11.5 Å². The van der Waals surface area contributed by atoms with Crippen LogP contribution in [0.5, 0.6) is 0 Å². The number of amides is 1. The van der Waals surface area contributed by atoms with E-state index >= 15 is 0 Å². The van der Waals surface area contributed by atoms with Crippen molar-refractivity contribution < 1.29 is 4.79 Å². The summed E-state index contributed by atoms with van der Waals surface area (Å²) in [5.41, 5.74) is 3.83. The average Bonchev–Trinajstić information content (AvgIpc) is 3.17. The Hall–Kier alpha value is -2.71. The average molecular weight is 455 g/mol. The molecule has 140 valence electrons. The number of aromatic nitrogens is 1. The van der Waals surface area contributed by atoms with Crippen molar-refractivity contribution in [3.63, 3.8) is 0 Å². The maximum atomic E-state index is 13.2. The zero-order valence-corrected chi connectivity index (χ0v) is 17.3. The third-order valence-electron chi connectivity index (χ3n) is 4.89. The Morgan fingerprint density at radius 2 is 1.93 bits per heavy atom. The highest BCUT2D eigenvalue weighted by molar-refractivity contribution is 9.10. The monoisotopic (exact) mass is 454 g/mol. The van der Waals surface area contributed by atoms with Gasteiger partial charge in [0, 0.05) is 21.4 Å². The number of benzene rings is 2. The first-order valence-electron chi connectivity index (χ1n) is 8.72. The molecule has 0 radical (unpaired) electrons. The largest absolute Gasteiger partial charge is 0.334 e. The molecule has 0 saturated heterocycles. The number of rotatable bonds is 1. The molecule has 0 atom stereocenters. The van der Waals surface area contributed by atoms with Crippen molar-refractivity contribution >= 4 is 50.1 Å². The van der Waals surface area contributed by atoms with Crippen LogP contribution in [0, 0.1) is 6.92 Å². The summed E-state index contributed by atoms with van der Waals surface area (Å²) in [6.07, 6.45) is 0. The van der Waals surface area contributed by atoms with Gasteiger partial charge >= 0.3 is 0 Å². The fourth-order valence-electron chi connectivity index (χ4n) is 3.48. The number of halogens is 1. The molecule has 6 nitrogen and oxygen atoms in total. The fraction of sp³-hybridized carbons (Fsp3) is 0.150. The normalized spacial score (nSPS) is 17.1. The first-order chi connectivity index (χ1) is 13.5. The number of anilines is 2. The van der Waals surface area contributed by atoms with E-state index in [2.05, 4.69) is 26.2 Å². The van der Waals surface area contributed by atoms with Crippen LogP contribution in [0.1, 0.15) is 11.1 Å². The summed E-state index contributed by atoms with van der Waals surface area (Å²) >= 11 is 4.72. The van der Waals surface area contributed by atoms with Crippen molar-refractivity contribution in [3.8, 4) is 0 Å². The number of carbonyl (C=O) groups excluding carboxylic acids is 1. The Labute approximate surface area is 172 Å². The maximum Gasteiger partial charge on any atom is 0.272 e. The molecule has 3 aromatic rings. The number of hydrogen-bond acceptors (Lipinski definition) is 5. The zero-order valence-electron chi connectivity index (χ0n) is 14.9. The molecule has 2 aliphatic heterocycles. The Balaban J connectivity index is 1.65. The predicted molar refractivity (Wildman–Crippen MR) is 113 cm³/mol. The number of thiazole rings is 1. The van der Waals surface area contributed by atoms with Crippen LogP contribution in [0.25, 0.3) is 5.57 Å². The van der Waals surface area contributed by atoms with Gasteiger partial charge in [-0.15, -0.1) is 0 Å². The van der Waals surface area contributed by atoms with Crippen molar-refractivity contribution in [2.75, 3.05) is 16.9 Å². The van der Waals surface area contributed by atoms with Gasteiger partial charge in [-0.3, -0.25) is 14.2 Å². The molecule has 1 amide bonds. The molecule has 1 N–H and O–H groups in total. The van der Waals surface area contributed by atoms with Crippen molar-refractivity contribution in [2.45, 2.75) is 13.6 Å². The van der Waals surface area contributed by atoms with E-state index in [1.54, 1.807) is 4.57 Å². The lowest BCUT2D eigenvalue weighted by atomic mass is 10.1. The lowest BCUT2D eigenvalue weighted by Gasteiger charge is -2.25. The van der Waals surface area contributed by atoms with E-state index in [9.17, 15) is 9.59 Å². The van der Waals surface area contributed by atoms with Crippen molar-refractivity contribution in [3.05, 3.63) is 77.8 Å². The van der Waals surface area contributed by atoms with Gasteiger partial charge < -0.3 is 10.2 Å². The highest BCUT2D eigenvalue weighted by Crippen LogP contribution is 2.30. The molecule has 28 heavy (non-hydrogen) atoms. The Kier molecular flexibility index (Phi) is 3.99. The smallest absolute Gasteiger partial charge is 0.272 e. The number of carbonyl (C=O) groups is 1. The maximum absolute atomic E-state index is 13.2. The van der Waals surface area contributed by atoms with Crippen LogP contribution in [-0.2, 0) is 11.5 Å². The minimum atomic E-state index is -0.235. The highest BCUT2D eigenvalue weighted by Gasteiger charge is 2.28. The van der Waals surface area contributed by atoms with Crippen LogP contribution in [0.3, 0.4) is 0 Å². The second-order valence-electron chi connectivity index (χ2n) is 6.78. The minimum Gasteiger partial charge on any atom is -0.334 e. The molecule has 0 saturated carbocycles. The summed E-state index contributed by atoms with van der Waals surface area (Å²) in [4.78, 5) is 33.0. The molecule has 0 aliphatic carbocycles. The second kappa shape index (κ2) is 6.42. The number of hydrogen-bond donors (Lipinski definition) is 1. The molecule has 8 heteroatoms. The van der Waals surface area contributed by atoms with Crippen molar-refractivity contribution in [2.24, 2.45) is 4.99 Å². The highest BCUT2D eigenvalue weighted by atomic mass is 79.9. The van der Waals surface area contributed by atoms with Crippen LogP contribution in [0.2, 0.25) is 0 Å². The van der Waals surface area contributed by atoms with Gasteiger partial charge in [0.15, 0.2) is 4.80 Å². The number of nitrogens with zero attached hydrogens (tertiary/aromatic N) is 3. The summed E-state index contributed by atoms with van der Waals surface area (Å²) < 4.78 is 3.08. The van der Waals surface area contributed by atoms with Crippen LogP contribution in [0.4, 0.5) is 11.4 Å². The zero-order chi connectivity index (χ0) is 19.4. The minimum absolute atomic E-state index is 0.176. The van der Waals surface area contributed by atoms with Gasteiger partial charge in [-0.25, -0.2) is 4.99 Å². The Morgan fingerprint density at radius 3 is 2.71 bits per heavy atom.